The van der Waals surface area contributed by atoms with Gasteiger partial charge in [-0.25, -0.2) is 19.9 Å². The van der Waals surface area contributed by atoms with Crippen molar-refractivity contribution < 1.29 is 4.79 Å². The quantitative estimate of drug-likeness (QED) is 0.241. The highest BCUT2D eigenvalue weighted by Crippen LogP contribution is 2.44. The van der Waals surface area contributed by atoms with Crippen molar-refractivity contribution in [3.05, 3.63) is 53.2 Å². The maximum atomic E-state index is 13.8. The summed E-state index contributed by atoms with van der Waals surface area (Å²) in [6, 6.07) is 8.13. The third-order valence-corrected chi connectivity index (χ3v) is 7.46. The van der Waals surface area contributed by atoms with Crippen LogP contribution in [0.1, 0.15) is 68.6 Å². The van der Waals surface area contributed by atoms with Crippen LogP contribution in [0.3, 0.4) is 0 Å². The number of thioether (sulfide) groups is 1. The Morgan fingerprint density at radius 3 is 2.47 bits per heavy atom. The van der Waals surface area contributed by atoms with E-state index in [4.69, 9.17) is 9.97 Å². The second-order valence-corrected chi connectivity index (χ2v) is 10.6. The minimum atomic E-state index is -0.0777. The van der Waals surface area contributed by atoms with Crippen LogP contribution in [0.5, 0.6) is 0 Å². The maximum absolute atomic E-state index is 13.8. The van der Waals surface area contributed by atoms with Gasteiger partial charge in [0.25, 0.3) is 0 Å². The van der Waals surface area contributed by atoms with E-state index in [0.29, 0.717) is 28.9 Å². The average Bonchev–Trinajstić information content (AvgIpc) is 3.70. The highest BCUT2D eigenvalue weighted by molar-refractivity contribution is 7.99. The molecule has 0 bridgehead atoms. The molecule has 0 radical (unpaired) electrons. The molecule has 8 heteroatoms. The summed E-state index contributed by atoms with van der Waals surface area (Å²) in [6.45, 7) is 13.9. The van der Waals surface area contributed by atoms with E-state index >= 15 is 0 Å². The lowest BCUT2D eigenvalue weighted by atomic mass is 10.1. The number of hydrogen-bond acceptors (Lipinski definition) is 7. The summed E-state index contributed by atoms with van der Waals surface area (Å²) in [5.41, 5.74) is 4.86. The molecular weight excluding hydrogens is 468 g/mol. The molecular formula is C28H34N6OS. The van der Waals surface area contributed by atoms with Crippen molar-refractivity contribution in [2.24, 2.45) is 4.99 Å². The maximum Gasteiger partial charge on any atom is 0.232 e. The van der Waals surface area contributed by atoms with Crippen molar-refractivity contribution in [1.82, 2.24) is 19.9 Å². The van der Waals surface area contributed by atoms with Crippen molar-refractivity contribution in [3.63, 3.8) is 0 Å². The molecule has 2 aromatic heterocycles. The third-order valence-electron chi connectivity index (χ3n) is 6.57. The van der Waals surface area contributed by atoms with Gasteiger partial charge in [0.05, 0.1) is 29.1 Å². The Labute approximate surface area is 217 Å². The van der Waals surface area contributed by atoms with Gasteiger partial charge >= 0.3 is 0 Å². The average molecular weight is 503 g/mol. The fourth-order valence-electron chi connectivity index (χ4n) is 4.34. The number of rotatable bonds is 10. The van der Waals surface area contributed by atoms with E-state index in [0.717, 1.165) is 47.5 Å². The van der Waals surface area contributed by atoms with Gasteiger partial charge in [-0.2, -0.15) is 0 Å². The lowest BCUT2D eigenvalue weighted by molar-refractivity contribution is -0.118. The molecule has 1 atom stereocenters. The number of aryl methyl sites for hydroxylation is 2. The van der Waals surface area contributed by atoms with Crippen molar-refractivity contribution in [2.45, 2.75) is 77.2 Å². The van der Waals surface area contributed by atoms with Gasteiger partial charge in [0.15, 0.2) is 11.6 Å². The Morgan fingerprint density at radius 1 is 1.14 bits per heavy atom. The minimum absolute atomic E-state index is 0.0300. The Bertz CT molecular complexity index is 1260. The van der Waals surface area contributed by atoms with E-state index in [9.17, 15) is 4.79 Å². The van der Waals surface area contributed by atoms with Crippen LogP contribution < -0.4 is 4.90 Å². The molecule has 36 heavy (non-hydrogen) atoms. The zero-order chi connectivity index (χ0) is 25.8. The van der Waals surface area contributed by atoms with Gasteiger partial charge in [0.2, 0.25) is 5.91 Å². The Hall–Kier alpha value is -3.13. The normalized spacial score (nSPS) is 13.9. The number of carbonyl (C=O) groups is 1. The van der Waals surface area contributed by atoms with Gasteiger partial charge in [-0.1, -0.05) is 26.0 Å². The first-order valence-corrected chi connectivity index (χ1v) is 13.6. The molecule has 2 heterocycles. The third kappa shape index (κ3) is 5.48. The first-order chi connectivity index (χ1) is 17.4. The van der Waals surface area contributed by atoms with Crippen LogP contribution in [0.2, 0.25) is 0 Å². The van der Waals surface area contributed by atoms with Gasteiger partial charge in [-0.05, 0) is 70.2 Å². The number of hydrogen-bond donors (Lipinski definition) is 0. The van der Waals surface area contributed by atoms with Crippen LogP contribution in [-0.4, -0.2) is 44.4 Å². The first-order valence-electron chi connectivity index (χ1n) is 12.6. The fourth-order valence-corrected chi connectivity index (χ4v) is 5.00. The van der Waals surface area contributed by atoms with Gasteiger partial charge in [-0.3, -0.25) is 14.7 Å². The van der Waals surface area contributed by atoms with Gasteiger partial charge in [-0.15, -0.1) is 11.8 Å². The van der Waals surface area contributed by atoms with Crippen LogP contribution in [-0.2, 0) is 11.2 Å². The van der Waals surface area contributed by atoms with Crippen LogP contribution in [0.4, 0.5) is 11.5 Å². The molecule has 1 aliphatic carbocycles. The number of anilines is 1. The number of aliphatic imine (C=N–C) groups is 1. The second-order valence-electron chi connectivity index (χ2n) is 9.23. The largest absolute Gasteiger partial charge is 0.292 e. The molecule has 188 valence electrons. The summed E-state index contributed by atoms with van der Waals surface area (Å²) in [6.07, 6.45) is 4.87. The molecule has 1 aromatic carbocycles. The van der Waals surface area contributed by atoms with Crippen molar-refractivity contribution in [3.8, 4) is 11.4 Å². The molecule has 1 saturated carbocycles. The number of benzene rings is 1. The Balaban J connectivity index is 1.78. The van der Waals surface area contributed by atoms with E-state index in [1.165, 1.54) is 4.90 Å². The predicted molar refractivity (Wildman–Crippen MR) is 147 cm³/mol. The molecule has 7 nitrogen and oxygen atoms in total. The topological polar surface area (TPSA) is 84.2 Å². The van der Waals surface area contributed by atoms with E-state index in [1.807, 2.05) is 32.9 Å². The van der Waals surface area contributed by atoms with Gasteiger partial charge in [0, 0.05) is 16.9 Å². The lowest BCUT2D eigenvalue weighted by Crippen LogP contribution is -2.40. The highest BCUT2D eigenvalue weighted by Gasteiger charge is 2.32. The molecule has 0 aliphatic heterocycles. The van der Waals surface area contributed by atoms with Gasteiger partial charge in [0.1, 0.15) is 12.0 Å². The molecule has 1 fully saturated rings. The van der Waals surface area contributed by atoms with E-state index in [-0.39, 0.29) is 18.4 Å². The fraction of sp³-hybridized carbons (Fsp3) is 0.429. The molecule has 0 spiro atoms. The molecule has 1 amide bonds. The summed E-state index contributed by atoms with van der Waals surface area (Å²) < 4.78 is 0. The number of carbonyl (C=O) groups excluding carboxylic acids is 1. The SMILES string of the molecule is C=Nc1c(C)nc(-c2c(C)ncnc2C2CC2)nc1N(C(=O)Cc1ccc(SCC)cc1)[C@H](C)CC. The number of nitrogens with zero attached hydrogens (tertiary/aromatic N) is 6. The predicted octanol–water partition coefficient (Wildman–Crippen LogP) is 6.25. The summed E-state index contributed by atoms with van der Waals surface area (Å²) in [7, 11) is 0. The molecule has 1 aliphatic rings. The Morgan fingerprint density at radius 2 is 1.86 bits per heavy atom. The second kappa shape index (κ2) is 11.3. The van der Waals surface area contributed by atoms with Crippen LogP contribution >= 0.6 is 11.8 Å². The van der Waals surface area contributed by atoms with E-state index < -0.39 is 0 Å². The standard InChI is InChI=1S/C28H34N6OS/c1-7-17(3)34(23(35)15-20-9-13-22(14-10-20)36-8-2)28-25(29-6)19(5)32-27(33-28)24-18(4)30-16-31-26(24)21-11-12-21/h9-10,13-14,16-17,21H,6-8,11-12,15H2,1-5H3/t17-/m1/s1. The smallest absolute Gasteiger partial charge is 0.232 e. The van der Waals surface area contributed by atoms with Gasteiger partial charge < -0.3 is 0 Å². The highest BCUT2D eigenvalue weighted by atomic mass is 32.2. The van der Waals surface area contributed by atoms with Crippen molar-refractivity contribution >= 4 is 35.9 Å². The summed E-state index contributed by atoms with van der Waals surface area (Å²) in [4.78, 5) is 39.7. The van der Waals surface area contributed by atoms with E-state index in [2.05, 4.69) is 47.7 Å². The molecule has 0 unspecified atom stereocenters. The monoisotopic (exact) mass is 502 g/mol. The lowest BCUT2D eigenvalue weighted by Gasteiger charge is -2.29. The number of aromatic nitrogens is 4. The first kappa shape index (κ1) is 25.9. The summed E-state index contributed by atoms with van der Waals surface area (Å²) >= 11 is 1.79. The molecule has 0 N–H and O–H groups in total. The van der Waals surface area contributed by atoms with Crippen LogP contribution in [0.25, 0.3) is 11.4 Å². The van der Waals surface area contributed by atoms with Crippen molar-refractivity contribution in [1.29, 1.82) is 0 Å². The molecule has 4 rings (SSSR count). The number of amides is 1. The minimum Gasteiger partial charge on any atom is -0.292 e. The van der Waals surface area contributed by atoms with Crippen LogP contribution in [0, 0.1) is 13.8 Å². The summed E-state index contributed by atoms with van der Waals surface area (Å²) in [5, 5.41) is 0. The Kier molecular flexibility index (Phi) is 8.14. The zero-order valence-electron chi connectivity index (χ0n) is 21.8. The summed E-state index contributed by atoms with van der Waals surface area (Å²) in [5.74, 6) is 2.43. The van der Waals surface area contributed by atoms with Crippen LogP contribution in [0.15, 0.2) is 40.5 Å². The molecule has 0 saturated heterocycles. The van der Waals surface area contributed by atoms with Crippen molar-refractivity contribution in [2.75, 3.05) is 10.7 Å². The molecule has 3 aromatic rings. The zero-order valence-corrected chi connectivity index (χ0v) is 22.6. The van der Waals surface area contributed by atoms with E-state index in [1.54, 1.807) is 23.0 Å².